The molecular weight excluding hydrogens is 299 g/mol. The first-order valence-corrected chi connectivity index (χ1v) is 8.58. The molecule has 0 fully saturated rings. The summed E-state index contributed by atoms with van der Waals surface area (Å²) in [6, 6.07) is 3.90. The number of hydrogen-bond donors (Lipinski definition) is 2. The van der Waals surface area contributed by atoms with Crippen LogP contribution in [0.25, 0.3) is 0 Å². The first-order chi connectivity index (χ1) is 9.42. The third kappa shape index (κ3) is 3.52. The third-order valence-corrected chi connectivity index (χ3v) is 5.31. The molecule has 1 aromatic rings. The maximum Gasteiger partial charge on any atom is 0.178 e. The van der Waals surface area contributed by atoms with Gasteiger partial charge in [-0.05, 0) is 31.0 Å². The Morgan fingerprint density at radius 1 is 1.50 bits per heavy atom. The number of hydrogen-bond acceptors (Lipinski definition) is 5. The summed E-state index contributed by atoms with van der Waals surface area (Å²) in [5, 5.41) is 3.16. The minimum Gasteiger partial charge on any atom is -0.361 e. The van der Waals surface area contributed by atoms with E-state index < -0.39 is 15.7 Å². The molecule has 0 saturated heterocycles. The van der Waals surface area contributed by atoms with Gasteiger partial charge in [0.1, 0.15) is 12.0 Å². The Morgan fingerprint density at radius 2 is 2.25 bits per heavy atom. The number of rotatable bonds is 4. The second kappa shape index (κ2) is 6.13. The average Bonchev–Trinajstić information content (AvgIpc) is 2.41. The summed E-state index contributed by atoms with van der Waals surface area (Å²) >= 11 is 4.38. The van der Waals surface area contributed by atoms with Gasteiger partial charge in [-0.15, -0.1) is 0 Å². The van der Waals surface area contributed by atoms with Crippen molar-refractivity contribution in [3.8, 4) is 0 Å². The normalized spacial score (nSPS) is 22.8. The maximum absolute atomic E-state index is 14.0. The summed E-state index contributed by atoms with van der Waals surface area (Å²) in [5.74, 6) is -0.635. The van der Waals surface area contributed by atoms with E-state index in [2.05, 4.69) is 22.9 Å². The third-order valence-electron chi connectivity index (χ3n) is 3.16. The molecule has 0 spiro atoms. The number of sulfone groups is 1. The van der Waals surface area contributed by atoms with E-state index in [1.807, 2.05) is 0 Å². The van der Waals surface area contributed by atoms with E-state index in [0.717, 1.165) is 12.5 Å². The molecular formula is C13H17FN2O2S2. The van der Waals surface area contributed by atoms with Gasteiger partial charge < -0.3 is 5.32 Å². The number of aliphatic imine (C=N–C) groups is 1. The zero-order chi connectivity index (χ0) is 14.8. The van der Waals surface area contributed by atoms with Crippen LogP contribution in [-0.2, 0) is 9.84 Å². The van der Waals surface area contributed by atoms with Gasteiger partial charge in [-0.3, -0.25) is 4.99 Å². The molecule has 1 aliphatic heterocycles. The smallest absolute Gasteiger partial charge is 0.178 e. The fourth-order valence-electron chi connectivity index (χ4n) is 1.97. The Balaban J connectivity index is 2.18. The van der Waals surface area contributed by atoms with Gasteiger partial charge >= 0.3 is 0 Å². The van der Waals surface area contributed by atoms with Crippen molar-refractivity contribution >= 4 is 34.4 Å². The van der Waals surface area contributed by atoms with Crippen molar-refractivity contribution in [2.75, 3.05) is 11.1 Å². The average molecular weight is 316 g/mol. The maximum atomic E-state index is 14.0. The Hall–Kier alpha value is -1.08. The zero-order valence-electron chi connectivity index (χ0n) is 11.1. The molecule has 0 bridgehead atoms. The van der Waals surface area contributed by atoms with Crippen LogP contribution >= 0.6 is 12.6 Å². The summed E-state index contributed by atoms with van der Waals surface area (Å²) < 4.78 is 37.3. The second-order valence-electron chi connectivity index (χ2n) is 4.66. The first-order valence-electron chi connectivity index (χ1n) is 6.41. The summed E-state index contributed by atoms with van der Waals surface area (Å²) in [6.45, 7) is 1.53. The van der Waals surface area contributed by atoms with E-state index in [1.54, 1.807) is 6.21 Å². The lowest BCUT2D eigenvalue weighted by Crippen LogP contribution is -2.26. The Labute approximate surface area is 123 Å². The van der Waals surface area contributed by atoms with Crippen molar-refractivity contribution in [2.45, 2.75) is 36.1 Å². The number of anilines is 1. The van der Waals surface area contributed by atoms with Gasteiger partial charge in [-0.1, -0.05) is 6.92 Å². The Bertz CT molecular complexity index is 617. The van der Waals surface area contributed by atoms with Gasteiger partial charge in [0, 0.05) is 11.5 Å². The molecule has 0 amide bonds. The highest BCUT2D eigenvalue weighted by atomic mass is 32.2. The van der Waals surface area contributed by atoms with Gasteiger partial charge in [0.05, 0.1) is 16.3 Å². The van der Waals surface area contributed by atoms with E-state index in [-0.39, 0.29) is 27.8 Å². The molecule has 2 rings (SSSR count). The van der Waals surface area contributed by atoms with Crippen LogP contribution in [0.4, 0.5) is 10.1 Å². The van der Waals surface area contributed by atoms with Crippen molar-refractivity contribution < 1.29 is 12.8 Å². The van der Waals surface area contributed by atoms with Crippen molar-refractivity contribution in [3.63, 3.8) is 0 Å². The number of thiol groups is 1. The molecule has 0 aromatic heterocycles. The van der Waals surface area contributed by atoms with Gasteiger partial charge in [-0.25, -0.2) is 12.8 Å². The van der Waals surface area contributed by atoms with Crippen molar-refractivity contribution in [1.82, 2.24) is 0 Å². The van der Waals surface area contributed by atoms with Crippen LogP contribution < -0.4 is 5.32 Å². The fourth-order valence-corrected chi connectivity index (χ4v) is 3.16. The summed E-state index contributed by atoms with van der Waals surface area (Å²) in [7, 11) is -3.39. The Morgan fingerprint density at radius 3 is 2.85 bits per heavy atom. The molecule has 0 saturated carbocycles. The highest BCUT2D eigenvalue weighted by molar-refractivity contribution is 7.91. The molecule has 0 aliphatic carbocycles. The minimum atomic E-state index is -3.39. The van der Waals surface area contributed by atoms with Gasteiger partial charge in [0.15, 0.2) is 9.84 Å². The predicted molar refractivity (Wildman–Crippen MR) is 82.0 cm³/mol. The van der Waals surface area contributed by atoms with Crippen LogP contribution in [0.5, 0.6) is 0 Å². The highest BCUT2D eigenvalue weighted by Crippen LogP contribution is 2.23. The van der Waals surface area contributed by atoms with Gasteiger partial charge in [0.2, 0.25) is 0 Å². The van der Waals surface area contributed by atoms with Crippen LogP contribution in [-0.4, -0.2) is 31.8 Å². The number of nitrogens with one attached hydrogen (secondary N) is 1. The largest absolute Gasteiger partial charge is 0.361 e. The standard InChI is InChI=1S/C13H17FN2O2S2/c1-2-20(17,18)10-3-4-12(11(14)8-10)16-13-7-9(19)5-6-15-13/h3-4,6,8-9,13,16,19H,2,5,7H2,1H3. The number of halogens is 1. The zero-order valence-corrected chi connectivity index (χ0v) is 12.8. The molecule has 1 aliphatic rings. The van der Waals surface area contributed by atoms with Crippen molar-refractivity contribution in [1.29, 1.82) is 0 Å². The lowest BCUT2D eigenvalue weighted by molar-refractivity contribution is 0.590. The second-order valence-corrected chi connectivity index (χ2v) is 7.67. The van der Waals surface area contributed by atoms with Crippen LogP contribution in [0.2, 0.25) is 0 Å². The van der Waals surface area contributed by atoms with E-state index in [4.69, 9.17) is 0 Å². The monoisotopic (exact) mass is 316 g/mol. The molecule has 2 atom stereocenters. The van der Waals surface area contributed by atoms with Gasteiger partial charge in [-0.2, -0.15) is 12.6 Å². The lowest BCUT2D eigenvalue weighted by atomic mass is 10.1. The molecule has 7 heteroatoms. The van der Waals surface area contributed by atoms with Crippen LogP contribution in [0.15, 0.2) is 28.1 Å². The van der Waals surface area contributed by atoms with Crippen molar-refractivity contribution in [2.24, 2.45) is 4.99 Å². The van der Waals surface area contributed by atoms with Gasteiger partial charge in [0.25, 0.3) is 0 Å². The highest BCUT2D eigenvalue weighted by Gasteiger charge is 2.19. The van der Waals surface area contributed by atoms with E-state index in [1.165, 1.54) is 19.1 Å². The molecule has 110 valence electrons. The predicted octanol–water partition coefficient (Wildman–Crippen LogP) is 2.52. The molecule has 4 nitrogen and oxygen atoms in total. The lowest BCUT2D eigenvalue weighted by Gasteiger charge is -2.22. The number of benzene rings is 1. The molecule has 1 heterocycles. The fraction of sp³-hybridized carbons (Fsp3) is 0.462. The van der Waals surface area contributed by atoms with Crippen LogP contribution in [0, 0.1) is 5.82 Å². The van der Waals surface area contributed by atoms with E-state index in [0.29, 0.717) is 6.42 Å². The molecule has 1 N–H and O–H groups in total. The Kier molecular flexibility index (Phi) is 4.70. The molecule has 20 heavy (non-hydrogen) atoms. The quantitative estimate of drug-likeness (QED) is 0.839. The van der Waals surface area contributed by atoms with Crippen LogP contribution in [0.3, 0.4) is 0 Å². The molecule has 0 radical (unpaired) electrons. The number of nitrogens with zero attached hydrogens (tertiary/aromatic N) is 1. The molecule has 1 aromatic carbocycles. The van der Waals surface area contributed by atoms with E-state index in [9.17, 15) is 12.8 Å². The molecule has 2 unspecified atom stereocenters. The SMILES string of the molecule is CCS(=O)(=O)c1ccc(NC2CC(S)CC=N2)c(F)c1. The minimum absolute atomic E-state index is 0.00210. The summed E-state index contributed by atoms with van der Waals surface area (Å²) in [4.78, 5) is 4.24. The summed E-state index contributed by atoms with van der Waals surface area (Å²) in [6.07, 6.45) is 3.05. The van der Waals surface area contributed by atoms with Crippen molar-refractivity contribution in [3.05, 3.63) is 24.0 Å². The summed E-state index contributed by atoms with van der Waals surface area (Å²) in [5.41, 5.74) is 0.254. The van der Waals surface area contributed by atoms with Crippen LogP contribution in [0.1, 0.15) is 19.8 Å². The topological polar surface area (TPSA) is 58.5 Å². The first kappa shape index (κ1) is 15.3. The van der Waals surface area contributed by atoms with E-state index >= 15 is 0 Å².